The Kier molecular flexibility index (Phi) is 5.49. The average molecular weight is 421 g/mol. The van der Waals surface area contributed by atoms with Crippen LogP contribution in [0.1, 0.15) is 10.4 Å². The third-order valence-electron chi connectivity index (χ3n) is 4.51. The summed E-state index contributed by atoms with van der Waals surface area (Å²) in [5.41, 5.74) is 2.74. The number of nitrogens with one attached hydrogen (secondary N) is 1. The highest BCUT2D eigenvalue weighted by Crippen LogP contribution is 2.40. The minimum Gasteiger partial charge on any atom is -0.493 e. The summed E-state index contributed by atoms with van der Waals surface area (Å²) in [6.07, 6.45) is 3.49. The fourth-order valence-electron chi connectivity index (χ4n) is 3.11. The molecule has 4 aromatic rings. The molecule has 1 N–H and O–H groups in total. The number of methoxy groups -OCH3 is 3. The Bertz CT molecular complexity index is 1190. The van der Waals surface area contributed by atoms with Crippen LogP contribution >= 0.6 is 11.3 Å². The van der Waals surface area contributed by atoms with Gasteiger partial charge in [0.1, 0.15) is 10.5 Å². The maximum absolute atomic E-state index is 12.9. The van der Waals surface area contributed by atoms with Gasteiger partial charge in [0.15, 0.2) is 11.5 Å². The Morgan fingerprint density at radius 2 is 1.83 bits per heavy atom. The molecule has 0 saturated carbocycles. The number of carbonyl (C=O) groups is 1. The average Bonchev–Trinajstić information content (AvgIpc) is 3.22. The number of anilines is 1. The molecule has 0 saturated heterocycles. The van der Waals surface area contributed by atoms with E-state index in [0.29, 0.717) is 28.5 Å². The van der Waals surface area contributed by atoms with Gasteiger partial charge < -0.3 is 19.5 Å². The highest BCUT2D eigenvalue weighted by molar-refractivity contribution is 7.21. The van der Waals surface area contributed by atoms with Crippen molar-refractivity contribution < 1.29 is 19.0 Å². The van der Waals surface area contributed by atoms with Crippen LogP contribution < -0.4 is 19.5 Å². The number of benzene rings is 2. The third kappa shape index (κ3) is 3.65. The summed E-state index contributed by atoms with van der Waals surface area (Å²) in [6, 6.07) is 12.8. The lowest BCUT2D eigenvalue weighted by Gasteiger charge is -2.15. The minimum atomic E-state index is -0.321. The van der Waals surface area contributed by atoms with Crippen molar-refractivity contribution in [1.82, 2.24) is 9.97 Å². The number of hydrogen-bond acceptors (Lipinski definition) is 7. The van der Waals surface area contributed by atoms with E-state index in [1.165, 1.54) is 21.3 Å². The van der Waals surface area contributed by atoms with Crippen molar-refractivity contribution in [3.8, 4) is 27.8 Å². The van der Waals surface area contributed by atoms with Crippen LogP contribution in [0, 0.1) is 0 Å². The predicted octanol–water partition coefficient (Wildman–Crippen LogP) is 4.64. The Morgan fingerprint density at radius 3 is 2.57 bits per heavy atom. The van der Waals surface area contributed by atoms with Crippen molar-refractivity contribution in [2.24, 2.45) is 0 Å². The van der Waals surface area contributed by atoms with Gasteiger partial charge >= 0.3 is 0 Å². The van der Waals surface area contributed by atoms with E-state index in [1.54, 1.807) is 35.9 Å². The largest absolute Gasteiger partial charge is 0.493 e. The second-order valence-corrected chi connectivity index (χ2v) is 7.31. The van der Waals surface area contributed by atoms with Crippen molar-refractivity contribution in [3.05, 3.63) is 60.4 Å². The van der Waals surface area contributed by atoms with Crippen molar-refractivity contribution in [2.45, 2.75) is 0 Å². The first kappa shape index (κ1) is 19.7. The molecule has 0 aliphatic heterocycles. The first-order chi connectivity index (χ1) is 14.6. The summed E-state index contributed by atoms with van der Waals surface area (Å²) in [5, 5.41) is 3.77. The molecule has 2 aromatic heterocycles. The molecular formula is C22H19N3O4S. The van der Waals surface area contributed by atoms with Crippen LogP contribution in [0.15, 0.2) is 54.9 Å². The molecule has 0 unspecified atom stereocenters. The molecule has 4 rings (SSSR count). The lowest BCUT2D eigenvalue weighted by atomic mass is 10.1. The second kappa shape index (κ2) is 8.38. The van der Waals surface area contributed by atoms with Crippen LogP contribution in [0.4, 0.5) is 5.69 Å². The van der Waals surface area contributed by atoms with Crippen molar-refractivity contribution in [3.63, 3.8) is 0 Å². The zero-order chi connectivity index (χ0) is 21.1. The molecule has 2 heterocycles. The molecule has 8 heteroatoms. The quantitative estimate of drug-likeness (QED) is 0.489. The van der Waals surface area contributed by atoms with Crippen LogP contribution in [0.5, 0.6) is 17.2 Å². The molecule has 7 nitrogen and oxygen atoms in total. The van der Waals surface area contributed by atoms with Crippen molar-refractivity contribution in [1.29, 1.82) is 0 Å². The number of rotatable bonds is 6. The van der Waals surface area contributed by atoms with E-state index in [0.717, 1.165) is 20.8 Å². The number of amides is 1. The summed E-state index contributed by atoms with van der Waals surface area (Å²) in [6.45, 7) is 0. The van der Waals surface area contributed by atoms with Crippen LogP contribution in [-0.4, -0.2) is 37.2 Å². The monoisotopic (exact) mass is 421 g/mol. The van der Waals surface area contributed by atoms with Gasteiger partial charge in [0.05, 0.1) is 37.8 Å². The van der Waals surface area contributed by atoms with E-state index < -0.39 is 0 Å². The topological polar surface area (TPSA) is 82.6 Å². The molecule has 0 spiro atoms. The lowest BCUT2D eigenvalue weighted by molar-refractivity contribution is 0.102. The maximum atomic E-state index is 12.9. The molecule has 0 aliphatic carbocycles. The van der Waals surface area contributed by atoms with Crippen LogP contribution in [0.3, 0.4) is 0 Å². The SMILES string of the molecule is COc1ccc(C(=O)Nc2cccc(-c3nc4cnccc4s3)c2)c(OC)c1OC. The number of nitrogens with zero attached hydrogens (tertiary/aromatic N) is 2. The number of carbonyl (C=O) groups excluding carboxylic acids is 1. The minimum absolute atomic E-state index is 0.309. The first-order valence-corrected chi connectivity index (χ1v) is 9.87. The van der Waals surface area contributed by atoms with Gasteiger partial charge in [0.25, 0.3) is 5.91 Å². The molecule has 0 bridgehead atoms. The molecule has 0 atom stereocenters. The summed E-state index contributed by atoms with van der Waals surface area (Å²) < 4.78 is 17.1. The van der Waals surface area contributed by atoms with Crippen LogP contribution in [0.25, 0.3) is 20.8 Å². The highest BCUT2D eigenvalue weighted by Gasteiger charge is 2.21. The smallest absolute Gasteiger partial charge is 0.259 e. The van der Waals surface area contributed by atoms with E-state index in [2.05, 4.69) is 15.3 Å². The number of ether oxygens (including phenoxy) is 3. The van der Waals surface area contributed by atoms with E-state index in [-0.39, 0.29) is 5.91 Å². The number of aromatic nitrogens is 2. The second-order valence-electron chi connectivity index (χ2n) is 6.28. The van der Waals surface area contributed by atoms with Crippen molar-refractivity contribution in [2.75, 3.05) is 26.6 Å². The molecule has 30 heavy (non-hydrogen) atoms. The van der Waals surface area contributed by atoms with Crippen LogP contribution in [0.2, 0.25) is 0 Å². The van der Waals surface area contributed by atoms with Gasteiger partial charge in [0.2, 0.25) is 5.75 Å². The Hall–Kier alpha value is -3.65. The van der Waals surface area contributed by atoms with Gasteiger partial charge in [-0.2, -0.15) is 0 Å². The zero-order valence-corrected chi connectivity index (χ0v) is 17.4. The molecular weight excluding hydrogens is 402 g/mol. The van der Waals surface area contributed by atoms with Gasteiger partial charge in [-0.1, -0.05) is 12.1 Å². The normalized spacial score (nSPS) is 10.6. The highest BCUT2D eigenvalue weighted by atomic mass is 32.1. The molecule has 0 aliphatic rings. The van der Waals surface area contributed by atoms with E-state index in [1.807, 2.05) is 30.3 Å². The third-order valence-corrected chi connectivity index (χ3v) is 5.59. The summed E-state index contributed by atoms with van der Waals surface area (Å²) >= 11 is 1.58. The number of thiazole rings is 1. The number of pyridine rings is 1. The van der Waals surface area contributed by atoms with Gasteiger partial charge in [-0.05, 0) is 30.3 Å². The standard InChI is InChI=1S/C22H19N3O4S/c1-27-17-8-7-15(19(28-2)20(17)29-3)21(26)24-14-6-4-5-13(11-14)22-25-16-12-23-10-9-18(16)30-22/h4-12H,1-3H3,(H,24,26). The number of hydrogen-bond donors (Lipinski definition) is 1. The Morgan fingerprint density at radius 1 is 1.00 bits per heavy atom. The number of fused-ring (bicyclic) bond motifs is 1. The molecule has 152 valence electrons. The van der Waals surface area contributed by atoms with Gasteiger partial charge in [0, 0.05) is 17.4 Å². The van der Waals surface area contributed by atoms with Gasteiger partial charge in [-0.15, -0.1) is 11.3 Å². The Balaban J connectivity index is 1.64. The van der Waals surface area contributed by atoms with Crippen molar-refractivity contribution >= 4 is 33.1 Å². The predicted molar refractivity (Wildman–Crippen MR) is 117 cm³/mol. The van der Waals surface area contributed by atoms with Crippen LogP contribution in [-0.2, 0) is 0 Å². The molecule has 2 aromatic carbocycles. The Labute approximate surface area is 177 Å². The lowest BCUT2D eigenvalue weighted by Crippen LogP contribution is -2.14. The summed E-state index contributed by atoms with van der Waals surface area (Å²) in [4.78, 5) is 21.7. The fraction of sp³-hybridized carbons (Fsp3) is 0.136. The maximum Gasteiger partial charge on any atom is 0.259 e. The molecule has 1 amide bonds. The van der Waals surface area contributed by atoms with Gasteiger partial charge in [-0.3, -0.25) is 9.78 Å². The fourth-order valence-corrected chi connectivity index (χ4v) is 4.04. The first-order valence-electron chi connectivity index (χ1n) is 9.06. The summed E-state index contributed by atoms with van der Waals surface area (Å²) in [7, 11) is 4.51. The summed E-state index contributed by atoms with van der Waals surface area (Å²) in [5.74, 6) is 0.838. The van der Waals surface area contributed by atoms with E-state index in [4.69, 9.17) is 14.2 Å². The van der Waals surface area contributed by atoms with Gasteiger partial charge in [-0.25, -0.2) is 4.98 Å². The molecule has 0 radical (unpaired) electrons. The van der Waals surface area contributed by atoms with E-state index in [9.17, 15) is 4.79 Å². The molecule has 0 fully saturated rings. The zero-order valence-electron chi connectivity index (χ0n) is 16.6. The van der Waals surface area contributed by atoms with E-state index >= 15 is 0 Å².